The van der Waals surface area contributed by atoms with E-state index in [2.05, 4.69) is 53.3 Å². The van der Waals surface area contributed by atoms with E-state index in [4.69, 9.17) is 0 Å². The molecule has 1 unspecified atom stereocenters. The summed E-state index contributed by atoms with van der Waals surface area (Å²) in [7, 11) is 0. The highest BCUT2D eigenvalue weighted by Gasteiger charge is 2.25. The third-order valence-corrected chi connectivity index (χ3v) is 4.37. The van der Waals surface area contributed by atoms with Crippen LogP contribution in [-0.4, -0.2) is 6.54 Å². The van der Waals surface area contributed by atoms with E-state index in [0.29, 0.717) is 6.04 Å². The highest BCUT2D eigenvalue weighted by atomic mass is 79.9. The molecule has 1 nitrogen and oxygen atoms in total. The number of nitrogens with one attached hydrogen (secondary N) is 1. The van der Waals surface area contributed by atoms with E-state index in [9.17, 15) is 0 Å². The minimum absolute atomic E-state index is 0.545. The van der Waals surface area contributed by atoms with E-state index in [1.54, 1.807) is 0 Å². The summed E-state index contributed by atoms with van der Waals surface area (Å²) < 4.78 is 1.21. The largest absolute Gasteiger partial charge is 0.310 e. The fourth-order valence-corrected chi connectivity index (χ4v) is 3.72. The predicted molar refractivity (Wildman–Crippen MR) is 81.9 cm³/mol. The first-order chi connectivity index (χ1) is 8.70. The van der Waals surface area contributed by atoms with E-state index in [1.807, 2.05) is 0 Å². The zero-order valence-electron chi connectivity index (χ0n) is 11.5. The summed E-state index contributed by atoms with van der Waals surface area (Å²) in [6.07, 6.45) is 6.78. The van der Waals surface area contributed by atoms with E-state index < -0.39 is 0 Å². The van der Waals surface area contributed by atoms with E-state index >= 15 is 0 Å². The summed E-state index contributed by atoms with van der Waals surface area (Å²) in [4.78, 5) is 0. The van der Waals surface area contributed by atoms with Crippen molar-refractivity contribution in [3.05, 3.63) is 33.8 Å². The third-order valence-electron chi connectivity index (χ3n) is 3.91. The van der Waals surface area contributed by atoms with Crippen LogP contribution in [0.15, 0.2) is 22.7 Å². The van der Waals surface area contributed by atoms with Crippen molar-refractivity contribution in [2.24, 2.45) is 5.92 Å². The van der Waals surface area contributed by atoms with Crippen LogP contribution in [0.5, 0.6) is 0 Å². The maximum absolute atomic E-state index is 3.76. The molecule has 0 heterocycles. The number of aryl methyl sites for hydroxylation is 1. The maximum atomic E-state index is 3.76. The Hall–Kier alpha value is -0.340. The van der Waals surface area contributed by atoms with Crippen LogP contribution < -0.4 is 5.32 Å². The fourth-order valence-electron chi connectivity index (χ4n) is 3.09. The summed E-state index contributed by atoms with van der Waals surface area (Å²) in [6.45, 7) is 5.54. The zero-order chi connectivity index (χ0) is 13.0. The number of halogens is 1. The Labute approximate surface area is 119 Å². The lowest BCUT2D eigenvalue weighted by molar-refractivity contribution is 0.368. The van der Waals surface area contributed by atoms with Gasteiger partial charge in [0.15, 0.2) is 0 Å². The average molecular weight is 310 g/mol. The van der Waals surface area contributed by atoms with Crippen molar-refractivity contribution in [2.45, 2.75) is 52.0 Å². The van der Waals surface area contributed by atoms with Crippen LogP contribution in [0, 0.1) is 12.8 Å². The number of rotatable bonds is 5. The van der Waals surface area contributed by atoms with Crippen molar-refractivity contribution in [1.82, 2.24) is 5.32 Å². The van der Waals surface area contributed by atoms with Gasteiger partial charge in [-0.15, -0.1) is 0 Å². The van der Waals surface area contributed by atoms with Crippen molar-refractivity contribution in [2.75, 3.05) is 6.54 Å². The first-order valence-electron chi connectivity index (χ1n) is 7.21. The van der Waals surface area contributed by atoms with Crippen LogP contribution in [0.1, 0.15) is 56.2 Å². The molecule has 1 aliphatic rings. The molecule has 2 heteroatoms. The summed E-state index contributed by atoms with van der Waals surface area (Å²) >= 11 is 3.63. The highest BCUT2D eigenvalue weighted by molar-refractivity contribution is 9.10. The maximum Gasteiger partial charge on any atom is 0.0349 e. The number of hydrogen-bond donors (Lipinski definition) is 1. The molecule has 100 valence electrons. The molecule has 1 aliphatic carbocycles. The summed E-state index contributed by atoms with van der Waals surface area (Å²) in [5.74, 6) is 0.824. The number of benzene rings is 1. The van der Waals surface area contributed by atoms with Gasteiger partial charge in [0.05, 0.1) is 0 Å². The SMILES string of the molecule is CCCNC(c1cc(C)cc(Br)c1)C1CCCC1. The van der Waals surface area contributed by atoms with Crippen molar-refractivity contribution >= 4 is 15.9 Å². The Balaban J connectivity index is 2.20. The molecule has 1 saturated carbocycles. The van der Waals surface area contributed by atoms with Gasteiger partial charge in [-0.3, -0.25) is 0 Å². The Bertz CT molecular complexity index is 362. The molecule has 0 amide bonds. The molecule has 0 aromatic heterocycles. The quantitative estimate of drug-likeness (QED) is 0.808. The molecule has 1 atom stereocenters. The Morgan fingerprint density at radius 1 is 1.28 bits per heavy atom. The summed E-state index contributed by atoms with van der Waals surface area (Å²) in [5.41, 5.74) is 2.81. The van der Waals surface area contributed by atoms with Gasteiger partial charge in [0.25, 0.3) is 0 Å². The van der Waals surface area contributed by atoms with E-state index in [0.717, 1.165) is 12.5 Å². The van der Waals surface area contributed by atoms with Gasteiger partial charge in [-0.25, -0.2) is 0 Å². The lowest BCUT2D eigenvalue weighted by Crippen LogP contribution is -2.27. The molecule has 1 fully saturated rings. The van der Waals surface area contributed by atoms with Crippen LogP contribution in [0.4, 0.5) is 0 Å². The molecular weight excluding hydrogens is 286 g/mol. The molecule has 1 aromatic carbocycles. The van der Waals surface area contributed by atoms with Crippen molar-refractivity contribution in [1.29, 1.82) is 0 Å². The molecule has 0 aliphatic heterocycles. The van der Waals surface area contributed by atoms with Crippen LogP contribution >= 0.6 is 15.9 Å². The van der Waals surface area contributed by atoms with Crippen LogP contribution in [-0.2, 0) is 0 Å². The molecule has 1 N–H and O–H groups in total. The first kappa shape index (κ1) is 14.1. The molecule has 0 radical (unpaired) electrons. The molecular formula is C16H24BrN. The third kappa shape index (κ3) is 3.58. The minimum atomic E-state index is 0.545. The standard InChI is InChI=1S/C16H24BrN/c1-3-8-18-16(13-6-4-5-7-13)14-9-12(2)10-15(17)11-14/h9-11,13,16,18H,3-8H2,1-2H3. The van der Waals surface area contributed by atoms with Crippen molar-refractivity contribution < 1.29 is 0 Å². The monoisotopic (exact) mass is 309 g/mol. The molecule has 18 heavy (non-hydrogen) atoms. The van der Waals surface area contributed by atoms with Crippen LogP contribution in [0.3, 0.4) is 0 Å². The smallest absolute Gasteiger partial charge is 0.0349 e. The Morgan fingerprint density at radius 3 is 2.61 bits per heavy atom. The lowest BCUT2D eigenvalue weighted by Gasteiger charge is -2.26. The zero-order valence-corrected chi connectivity index (χ0v) is 13.1. The van der Waals surface area contributed by atoms with E-state index in [-0.39, 0.29) is 0 Å². The normalized spacial score (nSPS) is 18.2. The summed E-state index contributed by atoms with van der Waals surface area (Å²) in [5, 5.41) is 3.76. The Morgan fingerprint density at radius 2 is 2.00 bits per heavy atom. The second-order valence-corrected chi connectivity index (χ2v) is 6.45. The second-order valence-electron chi connectivity index (χ2n) is 5.54. The van der Waals surface area contributed by atoms with Gasteiger partial charge in [-0.05, 0) is 61.9 Å². The van der Waals surface area contributed by atoms with Crippen LogP contribution in [0.2, 0.25) is 0 Å². The molecule has 0 bridgehead atoms. The van der Waals surface area contributed by atoms with Crippen molar-refractivity contribution in [3.8, 4) is 0 Å². The van der Waals surface area contributed by atoms with E-state index in [1.165, 1.54) is 47.7 Å². The summed E-state index contributed by atoms with van der Waals surface area (Å²) in [6, 6.07) is 7.37. The number of hydrogen-bond acceptors (Lipinski definition) is 1. The van der Waals surface area contributed by atoms with Gasteiger partial charge in [0, 0.05) is 10.5 Å². The van der Waals surface area contributed by atoms with Gasteiger partial charge in [0.1, 0.15) is 0 Å². The fraction of sp³-hybridized carbons (Fsp3) is 0.625. The van der Waals surface area contributed by atoms with Gasteiger partial charge in [-0.2, -0.15) is 0 Å². The molecule has 0 spiro atoms. The van der Waals surface area contributed by atoms with Gasteiger partial charge in [0.2, 0.25) is 0 Å². The second kappa shape index (κ2) is 6.72. The molecule has 2 rings (SSSR count). The van der Waals surface area contributed by atoms with Gasteiger partial charge < -0.3 is 5.32 Å². The average Bonchev–Trinajstić information content (AvgIpc) is 2.82. The minimum Gasteiger partial charge on any atom is -0.310 e. The van der Waals surface area contributed by atoms with Crippen LogP contribution in [0.25, 0.3) is 0 Å². The topological polar surface area (TPSA) is 12.0 Å². The molecule has 0 saturated heterocycles. The van der Waals surface area contributed by atoms with Gasteiger partial charge in [-0.1, -0.05) is 41.8 Å². The molecule has 1 aromatic rings. The predicted octanol–water partition coefficient (Wildman–Crippen LogP) is 4.99. The van der Waals surface area contributed by atoms with Crippen molar-refractivity contribution in [3.63, 3.8) is 0 Å². The Kier molecular flexibility index (Phi) is 5.25. The first-order valence-corrected chi connectivity index (χ1v) is 8.00. The van der Waals surface area contributed by atoms with Gasteiger partial charge >= 0.3 is 0 Å². The highest BCUT2D eigenvalue weighted by Crippen LogP contribution is 2.36. The lowest BCUT2D eigenvalue weighted by atomic mass is 9.91.